The molecule has 0 bridgehead atoms. The predicted molar refractivity (Wildman–Crippen MR) is 100 cm³/mol. The molecule has 0 fully saturated rings. The molecule has 2 heterocycles. The van der Waals surface area contributed by atoms with Crippen LogP contribution in [0.1, 0.15) is 0 Å². The summed E-state index contributed by atoms with van der Waals surface area (Å²) in [4.78, 5) is 8.42. The maximum absolute atomic E-state index is 6.24. The number of aromatic nitrogens is 2. The second-order valence-electron chi connectivity index (χ2n) is 5.92. The van der Waals surface area contributed by atoms with E-state index in [2.05, 4.69) is 52.4 Å². The Hall–Kier alpha value is -3.46. The first kappa shape index (κ1) is 13.9. The Bertz CT molecular complexity index is 1180. The largest absolute Gasteiger partial charge is 0.455 e. The Labute approximate surface area is 144 Å². The summed E-state index contributed by atoms with van der Waals surface area (Å²) in [5.41, 5.74) is 5.93. The molecule has 2 aromatic heterocycles. The fraction of sp³-hybridized carbons (Fsp3) is 0. The van der Waals surface area contributed by atoms with E-state index < -0.39 is 0 Å². The highest BCUT2D eigenvalue weighted by Gasteiger charge is 2.17. The van der Waals surface area contributed by atoms with Crippen LogP contribution >= 0.6 is 0 Å². The highest BCUT2D eigenvalue weighted by atomic mass is 16.3. The van der Waals surface area contributed by atoms with Crippen LogP contribution in [0.15, 0.2) is 89.7 Å². The molecule has 0 saturated heterocycles. The lowest BCUT2D eigenvalue weighted by Crippen LogP contribution is -1.86. The van der Waals surface area contributed by atoms with Crippen LogP contribution in [0.25, 0.3) is 44.3 Å². The highest BCUT2D eigenvalue weighted by Crippen LogP contribution is 2.40. The Kier molecular flexibility index (Phi) is 3.10. The van der Waals surface area contributed by atoms with E-state index in [-0.39, 0.29) is 0 Å². The van der Waals surface area contributed by atoms with Gasteiger partial charge < -0.3 is 4.42 Å². The molecule has 0 aliphatic carbocycles. The van der Waals surface area contributed by atoms with E-state index >= 15 is 0 Å². The van der Waals surface area contributed by atoms with Gasteiger partial charge in [-0.05, 0) is 29.3 Å². The van der Waals surface area contributed by atoms with Crippen molar-refractivity contribution in [2.24, 2.45) is 0 Å². The summed E-state index contributed by atoms with van der Waals surface area (Å²) in [6, 6.07) is 24.7. The molecule has 0 aliphatic rings. The molecule has 3 aromatic carbocycles. The van der Waals surface area contributed by atoms with Crippen molar-refractivity contribution < 1.29 is 4.42 Å². The van der Waals surface area contributed by atoms with Crippen molar-refractivity contribution in [3.8, 4) is 22.4 Å². The smallest absolute Gasteiger partial charge is 0.145 e. The molecular formula is C22H14N2O. The molecule has 25 heavy (non-hydrogen) atoms. The third-order valence-corrected chi connectivity index (χ3v) is 4.47. The first-order chi connectivity index (χ1) is 12.4. The molecule has 0 N–H and O–H groups in total. The molecule has 0 saturated carbocycles. The number of fused-ring (bicyclic) bond motifs is 3. The molecule has 5 rings (SSSR count). The molecular weight excluding hydrogens is 308 g/mol. The van der Waals surface area contributed by atoms with Gasteiger partial charge in [-0.15, -0.1) is 0 Å². The molecule has 3 nitrogen and oxygen atoms in total. The van der Waals surface area contributed by atoms with Crippen molar-refractivity contribution in [2.45, 2.75) is 0 Å². The van der Waals surface area contributed by atoms with Crippen molar-refractivity contribution in [1.82, 2.24) is 9.97 Å². The van der Waals surface area contributed by atoms with E-state index in [0.717, 1.165) is 33.2 Å². The lowest BCUT2D eigenvalue weighted by molar-refractivity contribution is 0.670. The number of hydrogen-bond donors (Lipinski definition) is 0. The standard InChI is InChI=1S/C22H14N2O/c1-2-6-15(7-3-1)16-10-11-17(19-12-13-23-14-24-19)22-21(16)18-8-4-5-9-20(18)25-22/h1-14H. The average Bonchev–Trinajstić information content (AvgIpc) is 3.08. The molecule has 5 aromatic rings. The van der Waals surface area contributed by atoms with Crippen LogP contribution in [-0.2, 0) is 0 Å². The molecule has 0 amide bonds. The topological polar surface area (TPSA) is 38.9 Å². The quantitative estimate of drug-likeness (QED) is 0.418. The van der Waals surface area contributed by atoms with E-state index in [1.54, 1.807) is 12.5 Å². The fourth-order valence-electron chi connectivity index (χ4n) is 3.34. The fourth-order valence-corrected chi connectivity index (χ4v) is 3.34. The van der Waals surface area contributed by atoms with Crippen molar-refractivity contribution in [3.05, 3.63) is 85.3 Å². The van der Waals surface area contributed by atoms with Crippen molar-refractivity contribution >= 4 is 21.9 Å². The predicted octanol–water partition coefficient (Wildman–Crippen LogP) is 5.71. The Balaban J connectivity index is 1.92. The minimum atomic E-state index is 0.860. The summed E-state index contributed by atoms with van der Waals surface area (Å²) in [7, 11) is 0. The zero-order chi connectivity index (χ0) is 16.6. The van der Waals surface area contributed by atoms with Gasteiger partial charge in [0.25, 0.3) is 0 Å². The van der Waals surface area contributed by atoms with Crippen LogP contribution in [-0.4, -0.2) is 9.97 Å². The molecule has 0 spiro atoms. The minimum absolute atomic E-state index is 0.860. The van der Waals surface area contributed by atoms with Crippen molar-refractivity contribution in [1.29, 1.82) is 0 Å². The number of benzene rings is 3. The minimum Gasteiger partial charge on any atom is -0.455 e. The normalized spacial score (nSPS) is 11.2. The summed E-state index contributed by atoms with van der Waals surface area (Å²) in [5, 5.41) is 2.24. The molecule has 0 aliphatic heterocycles. The van der Waals surface area contributed by atoms with Crippen LogP contribution in [0, 0.1) is 0 Å². The monoisotopic (exact) mass is 322 g/mol. The van der Waals surface area contributed by atoms with Crippen LogP contribution in [0.5, 0.6) is 0 Å². The first-order valence-electron chi connectivity index (χ1n) is 8.18. The third-order valence-electron chi connectivity index (χ3n) is 4.47. The van der Waals surface area contributed by atoms with Crippen LogP contribution in [0.3, 0.4) is 0 Å². The maximum atomic E-state index is 6.24. The van der Waals surface area contributed by atoms with Crippen LogP contribution in [0.2, 0.25) is 0 Å². The summed E-state index contributed by atoms with van der Waals surface area (Å²) >= 11 is 0. The van der Waals surface area contributed by atoms with Gasteiger partial charge in [0.05, 0.1) is 5.69 Å². The van der Waals surface area contributed by atoms with E-state index in [9.17, 15) is 0 Å². The number of para-hydroxylation sites is 1. The van der Waals surface area contributed by atoms with Gasteiger partial charge in [-0.1, -0.05) is 54.6 Å². The van der Waals surface area contributed by atoms with Gasteiger partial charge in [0.2, 0.25) is 0 Å². The van der Waals surface area contributed by atoms with E-state index in [1.165, 1.54) is 11.1 Å². The first-order valence-corrected chi connectivity index (χ1v) is 8.18. The summed E-state index contributed by atoms with van der Waals surface area (Å²) in [5.74, 6) is 0. The summed E-state index contributed by atoms with van der Waals surface area (Å²) in [6.45, 7) is 0. The molecule has 0 radical (unpaired) electrons. The number of nitrogens with zero attached hydrogens (tertiary/aromatic N) is 2. The van der Waals surface area contributed by atoms with Gasteiger partial charge in [0.15, 0.2) is 0 Å². The molecule has 0 unspecified atom stereocenters. The lowest BCUT2D eigenvalue weighted by Gasteiger charge is -2.07. The summed E-state index contributed by atoms with van der Waals surface area (Å²) < 4.78 is 6.24. The average molecular weight is 322 g/mol. The van der Waals surface area contributed by atoms with Crippen LogP contribution < -0.4 is 0 Å². The lowest BCUT2D eigenvalue weighted by atomic mass is 9.96. The van der Waals surface area contributed by atoms with E-state index in [1.807, 2.05) is 30.3 Å². The van der Waals surface area contributed by atoms with Crippen molar-refractivity contribution in [3.63, 3.8) is 0 Å². The Morgan fingerprint density at radius 3 is 2.36 bits per heavy atom. The maximum Gasteiger partial charge on any atom is 0.145 e. The van der Waals surface area contributed by atoms with Gasteiger partial charge in [-0.3, -0.25) is 0 Å². The molecule has 3 heteroatoms. The van der Waals surface area contributed by atoms with Gasteiger partial charge >= 0.3 is 0 Å². The van der Waals surface area contributed by atoms with Gasteiger partial charge in [-0.25, -0.2) is 9.97 Å². The van der Waals surface area contributed by atoms with Gasteiger partial charge in [0.1, 0.15) is 17.5 Å². The van der Waals surface area contributed by atoms with E-state index in [0.29, 0.717) is 0 Å². The van der Waals surface area contributed by atoms with Gasteiger partial charge in [-0.2, -0.15) is 0 Å². The van der Waals surface area contributed by atoms with Crippen LogP contribution in [0.4, 0.5) is 0 Å². The summed E-state index contributed by atoms with van der Waals surface area (Å²) in [6.07, 6.45) is 3.32. The Morgan fingerprint density at radius 2 is 1.52 bits per heavy atom. The zero-order valence-corrected chi connectivity index (χ0v) is 13.4. The number of rotatable bonds is 2. The number of hydrogen-bond acceptors (Lipinski definition) is 3. The van der Waals surface area contributed by atoms with E-state index in [4.69, 9.17) is 4.42 Å². The van der Waals surface area contributed by atoms with Gasteiger partial charge in [0, 0.05) is 22.5 Å². The van der Waals surface area contributed by atoms with Crippen molar-refractivity contribution in [2.75, 3.05) is 0 Å². The third kappa shape index (κ3) is 2.21. The number of furan rings is 1. The Morgan fingerprint density at radius 1 is 0.720 bits per heavy atom. The second-order valence-corrected chi connectivity index (χ2v) is 5.92. The molecule has 118 valence electrons. The zero-order valence-electron chi connectivity index (χ0n) is 13.4. The second kappa shape index (κ2) is 5.56. The molecule has 0 atom stereocenters. The SMILES string of the molecule is c1ccc(-c2ccc(-c3ccncn3)c3oc4ccccc4c23)cc1. The highest BCUT2D eigenvalue weighted by molar-refractivity contribution is 6.15.